The molecule has 2 aromatic rings. The number of benzene rings is 1. The molecule has 2 aliphatic rings. The minimum absolute atomic E-state index is 0.358. The largest absolute Gasteiger partial charge is 0.486 e. The van der Waals surface area contributed by atoms with Crippen LogP contribution in [0.5, 0.6) is 11.5 Å². The highest BCUT2D eigenvalue weighted by atomic mass is 16.6. The predicted octanol–water partition coefficient (Wildman–Crippen LogP) is 0.316. The SMILES string of the molecule is Cn1c(=O)cnn(CCCCN2CCN(c3cccc4c3OCCO4)CC2)c1=O. The highest BCUT2D eigenvalue weighted by Crippen LogP contribution is 2.39. The quantitative estimate of drug-likeness (QED) is 0.645. The average molecular weight is 401 g/mol. The van der Waals surface area contributed by atoms with Crippen LogP contribution in [0.1, 0.15) is 12.8 Å². The molecule has 1 aromatic carbocycles. The van der Waals surface area contributed by atoms with E-state index in [0.717, 1.165) is 67.3 Å². The molecule has 0 atom stereocenters. The Bertz CT molecular complexity index is 962. The van der Waals surface area contributed by atoms with Crippen molar-refractivity contribution in [3.8, 4) is 11.5 Å². The maximum atomic E-state index is 12.0. The number of ether oxygens (including phenoxy) is 2. The van der Waals surface area contributed by atoms with Crippen LogP contribution >= 0.6 is 0 Å². The summed E-state index contributed by atoms with van der Waals surface area (Å²) in [5.74, 6) is 1.70. The van der Waals surface area contributed by atoms with E-state index in [4.69, 9.17) is 9.47 Å². The summed E-state index contributed by atoms with van der Waals surface area (Å²) in [6.45, 7) is 6.58. The molecule has 9 heteroatoms. The number of aryl methyl sites for hydroxylation is 1. The maximum absolute atomic E-state index is 12.0. The van der Waals surface area contributed by atoms with Crippen molar-refractivity contribution < 1.29 is 9.47 Å². The fraction of sp³-hybridized carbons (Fsp3) is 0.550. The van der Waals surface area contributed by atoms with Crippen LogP contribution in [0.4, 0.5) is 5.69 Å². The summed E-state index contributed by atoms with van der Waals surface area (Å²) in [4.78, 5) is 28.2. The fourth-order valence-electron chi connectivity index (χ4n) is 3.79. The van der Waals surface area contributed by atoms with Crippen LogP contribution in [-0.2, 0) is 13.6 Å². The zero-order valence-electron chi connectivity index (χ0n) is 16.7. The number of unbranched alkanes of at least 4 members (excludes halogenated alkanes) is 1. The average Bonchev–Trinajstić information content (AvgIpc) is 2.76. The number of para-hydroxylation sites is 1. The molecule has 156 valence electrons. The van der Waals surface area contributed by atoms with Crippen LogP contribution in [0.2, 0.25) is 0 Å². The Hall–Kier alpha value is -2.81. The first-order valence-electron chi connectivity index (χ1n) is 10.1. The molecule has 1 aromatic heterocycles. The lowest BCUT2D eigenvalue weighted by Gasteiger charge is -2.37. The van der Waals surface area contributed by atoms with Crippen LogP contribution in [0.15, 0.2) is 34.0 Å². The highest BCUT2D eigenvalue weighted by Gasteiger charge is 2.23. The van der Waals surface area contributed by atoms with Crippen molar-refractivity contribution in [3.63, 3.8) is 0 Å². The van der Waals surface area contributed by atoms with Gasteiger partial charge < -0.3 is 14.4 Å². The Morgan fingerprint density at radius 1 is 1.00 bits per heavy atom. The molecule has 0 aliphatic carbocycles. The van der Waals surface area contributed by atoms with E-state index in [1.165, 1.54) is 17.9 Å². The maximum Gasteiger partial charge on any atom is 0.347 e. The number of anilines is 1. The third-order valence-electron chi connectivity index (χ3n) is 5.50. The Kier molecular flexibility index (Phi) is 5.84. The molecule has 0 spiro atoms. The number of hydrogen-bond donors (Lipinski definition) is 0. The van der Waals surface area contributed by atoms with Gasteiger partial charge in [0.1, 0.15) is 19.4 Å². The Labute approximate surface area is 169 Å². The summed E-state index contributed by atoms with van der Waals surface area (Å²) in [7, 11) is 1.48. The molecular weight excluding hydrogens is 374 g/mol. The molecule has 29 heavy (non-hydrogen) atoms. The van der Waals surface area contributed by atoms with Crippen molar-refractivity contribution in [1.82, 2.24) is 19.2 Å². The number of hydrogen-bond acceptors (Lipinski definition) is 7. The Morgan fingerprint density at radius 2 is 1.76 bits per heavy atom. The fourth-order valence-corrected chi connectivity index (χ4v) is 3.79. The van der Waals surface area contributed by atoms with Crippen molar-refractivity contribution in [3.05, 3.63) is 45.2 Å². The number of rotatable bonds is 6. The second-order valence-electron chi connectivity index (χ2n) is 7.38. The number of nitrogens with zero attached hydrogens (tertiary/aromatic N) is 5. The summed E-state index contributed by atoms with van der Waals surface area (Å²) in [5, 5.41) is 3.93. The van der Waals surface area contributed by atoms with E-state index >= 15 is 0 Å². The Morgan fingerprint density at radius 3 is 2.59 bits per heavy atom. The predicted molar refractivity (Wildman–Crippen MR) is 109 cm³/mol. The lowest BCUT2D eigenvalue weighted by Crippen LogP contribution is -2.47. The highest BCUT2D eigenvalue weighted by molar-refractivity contribution is 5.65. The second-order valence-corrected chi connectivity index (χ2v) is 7.38. The van der Waals surface area contributed by atoms with Crippen molar-refractivity contribution in [2.24, 2.45) is 7.05 Å². The standard InChI is InChI=1S/C20H27N5O4/c1-22-18(26)15-21-25(20(22)27)8-3-2-7-23-9-11-24(12-10-23)16-5-4-6-17-19(16)29-14-13-28-17/h4-6,15H,2-3,7-14H2,1H3. The molecule has 0 unspecified atom stereocenters. The van der Waals surface area contributed by atoms with Crippen LogP contribution in [0.25, 0.3) is 0 Å². The first-order valence-corrected chi connectivity index (χ1v) is 10.1. The molecule has 1 saturated heterocycles. The molecule has 0 radical (unpaired) electrons. The van der Waals surface area contributed by atoms with Gasteiger partial charge in [0.05, 0.1) is 5.69 Å². The lowest BCUT2D eigenvalue weighted by atomic mass is 10.2. The first-order chi connectivity index (χ1) is 14.1. The van der Waals surface area contributed by atoms with E-state index in [9.17, 15) is 9.59 Å². The van der Waals surface area contributed by atoms with Gasteiger partial charge in [0, 0.05) is 39.8 Å². The molecule has 0 bridgehead atoms. The molecule has 1 fully saturated rings. The van der Waals surface area contributed by atoms with Gasteiger partial charge in [-0.1, -0.05) is 6.07 Å². The van der Waals surface area contributed by atoms with Crippen molar-refractivity contribution in [1.29, 1.82) is 0 Å². The van der Waals surface area contributed by atoms with Gasteiger partial charge in [-0.3, -0.25) is 14.3 Å². The van der Waals surface area contributed by atoms with E-state index in [0.29, 0.717) is 19.8 Å². The van der Waals surface area contributed by atoms with Crippen LogP contribution in [0, 0.1) is 0 Å². The van der Waals surface area contributed by atoms with Gasteiger partial charge in [-0.05, 0) is 31.5 Å². The van der Waals surface area contributed by atoms with Gasteiger partial charge in [-0.2, -0.15) is 5.10 Å². The zero-order valence-corrected chi connectivity index (χ0v) is 16.7. The third kappa shape index (κ3) is 4.29. The van der Waals surface area contributed by atoms with E-state index in [1.54, 1.807) is 0 Å². The molecule has 0 saturated carbocycles. The molecular formula is C20H27N5O4. The van der Waals surface area contributed by atoms with Crippen LogP contribution < -0.4 is 25.6 Å². The topological polar surface area (TPSA) is 81.8 Å². The monoisotopic (exact) mass is 401 g/mol. The van der Waals surface area contributed by atoms with Crippen molar-refractivity contribution in [2.45, 2.75) is 19.4 Å². The van der Waals surface area contributed by atoms with E-state index in [1.807, 2.05) is 12.1 Å². The van der Waals surface area contributed by atoms with Gasteiger partial charge in [0.2, 0.25) is 0 Å². The number of fused-ring (bicyclic) bond motifs is 1. The normalized spacial score (nSPS) is 16.8. The first kappa shape index (κ1) is 19.5. The number of piperazine rings is 1. The number of aromatic nitrogens is 3. The second kappa shape index (κ2) is 8.69. The van der Waals surface area contributed by atoms with Crippen LogP contribution in [-0.4, -0.2) is 65.2 Å². The third-order valence-corrected chi connectivity index (χ3v) is 5.50. The van der Waals surface area contributed by atoms with E-state index < -0.39 is 0 Å². The summed E-state index contributed by atoms with van der Waals surface area (Å²) < 4.78 is 14.0. The lowest BCUT2D eigenvalue weighted by molar-refractivity contribution is 0.171. The molecule has 9 nitrogen and oxygen atoms in total. The van der Waals surface area contributed by atoms with E-state index in [2.05, 4.69) is 21.0 Å². The molecule has 2 aliphatic heterocycles. The van der Waals surface area contributed by atoms with E-state index in [-0.39, 0.29) is 11.2 Å². The van der Waals surface area contributed by atoms with Crippen molar-refractivity contribution in [2.75, 3.05) is 50.8 Å². The summed E-state index contributed by atoms with van der Waals surface area (Å²) >= 11 is 0. The molecule has 0 amide bonds. The zero-order chi connectivity index (χ0) is 20.2. The minimum atomic E-state index is -0.374. The summed E-state index contributed by atoms with van der Waals surface area (Å²) in [6, 6.07) is 6.07. The van der Waals surface area contributed by atoms with Gasteiger partial charge >= 0.3 is 5.69 Å². The van der Waals surface area contributed by atoms with Gasteiger partial charge in [0.15, 0.2) is 11.5 Å². The summed E-state index contributed by atoms with van der Waals surface area (Å²) in [5.41, 5.74) is 0.381. The van der Waals surface area contributed by atoms with Gasteiger partial charge in [-0.25, -0.2) is 9.48 Å². The van der Waals surface area contributed by atoms with Gasteiger partial charge in [-0.15, -0.1) is 0 Å². The smallest absolute Gasteiger partial charge is 0.347 e. The summed E-state index contributed by atoms with van der Waals surface area (Å²) in [6.07, 6.45) is 3.02. The molecule has 0 N–H and O–H groups in total. The molecule has 3 heterocycles. The Balaban J connectivity index is 1.24. The van der Waals surface area contributed by atoms with Crippen LogP contribution in [0.3, 0.4) is 0 Å². The minimum Gasteiger partial charge on any atom is -0.486 e. The molecule has 4 rings (SSSR count). The van der Waals surface area contributed by atoms with Crippen molar-refractivity contribution >= 4 is 5.69 Å². The van der Waals surface area contributed by atoms with Gasteiger partial charge in [0.25, 0.3) is 5.56 Å².